The Morgan fingerprint density at radius 1 is 1.43 bits per heavy atom. The van der Waals surface area contributed by atoms with Crippen LogP contribution in [0.2, 0.25) is 0 Å². The zero-order chi connectivity index (χ0) is 14.8. The third-order valence-corrected chi connectivity index (χ3v) is 3.90. The molecule has 0 amide bonds. The van der Waals surface area contributed by atoms with Gasteiger partial charge in [0.25, 0.3) is 0 Å². The predicted molar refractivity (Wildman–Crippen MR) is 77.3 cm³/mol. The lowest BCUT2D eigenvalue weighted by Crippen LogP contribution is -2.12. The van der Waals surface area contributed by atoms with Crippen molar-refractivity contribution >= 4 is 5.97 Å². The van der Waals surface area contributed by atoms with Gasteiger partial charge < -0.3 is 14.3 Å². The van der Waals surface area contributed by atoms with E-state index in [1.54, 1.807) is 13.0 Å². The van der Waals surface area contributed by atoms with E-state index in [1.807, 2.05) is 6.07 Å². The van der Waals surface area contributed by atoms with Gasteiger partial charge in [0.2, 0.25) is 5.76 Å². The lowest BCUT2D eigenvalue weighted by atomic mass is 9.89. The second-order valence-corrected chi connectivity index (χ2v) is 5.42. The van der Waals surface area contributed by atoms with Crippen LogP contribution in [-0.4, -0.2) is 11.1 Å². The molecule has 1 N–H and O–H groups in total. The van der Waals surface area contributed by atoms with Crippen LogP contribution in [0.15, 0.2) is 34.7 Å². The highest BCUT2D eigenvalue weighted by Gasteiger charge is 2.21. The summed E-state index contributed by atoms with van der Waals surface area (Å²) in [5, 5.41) is 8.99. The molecule has 0 bridgehead atoms. The van der Waals surface area contributed by atoms with Crippen LogP contribution < -0.4 is 0 Å². The summed E-state index contributed by atoms with van der Waals surface area (Å²) in [4.78, 5) is 11.0. The van der Waals surface area contributed by atoms with Gasteiger partial charge >= 0.3 is 5.97 Å². The summed E-state index contributed by atoms with van der Waals surface area (Å²) in [5.41, 5.74) is 3.21. The number of carboxylic acid groups (broad SMARTS) is 1. The van der Waals surface area contributed by atoms with Gasteiger partial charge in [-0.3, -0.25) is 0 Å². The molecular formula is C17H18O4. The molecule has 1 heterocycles. The number of furan rings is 1. The van der Waals surface area contributed by atoms with Crippen molar-refractivity contribution in [1.82, 2.24) is 0 Å². The minimum atomic E-state index is -1.04. The molecule has 1 aliphatic rings. The molecule has 0 aliphatic heterocycles. The molecule has 1 atom stereocenters. The fourth-order valence-corrected chi connectivity index (χ4v) is 2.90. The van der Waals surface area contributed by atoms with Crippen molar-refractivity contribution in [3.63, 3.8) is 0 Å². The Hall–Kier alpha value is -2.07. The van der Waals surface area contributed by atoms with Gasteiger partial charge in [-0.25, -0.2) is 4.79 Å². The Balaban J connectivity index is 1.71. The molecule has 1 aliphatic carbocycles. The lowest BCUT2D eigenvalue weighted by Gasteiger charge is -2.25. The Labute approximate surface area is 123 Å². The highest BCUT2D eigenvalue weighted by molar-refractivity contribution is 5.86. The van der Waals surface area contributed by atoms with Gasteiger partial charge in [0.1, 0.15) is 12.4 Å². The number of carboxylic acids is 1. The van der Waals surface area contributed by atoms with Crippen LogP contribution in [0.4, 0.5) is 0 Å². The molecule has 2 aromatic rings. The average Bonchev–Trinajstić information content (AvgIpc) is 2.86. The van der Waals surface area contributed by atoms with Gasteiger partial charge in [0, 0.05) is 5.56 Å². The van der Waals surface area contributed by atoms with E-state index in [-0.39, 0.29) is 11.9 Å². The third kappa shape index (κ3) is 2.85. The Kier molecular flexibility index (Phi) is 3.80. The van der Waals surface area contributed by atoms with Gasteiger partial charge in [-0.1, -0.05) is 24.3 Å². The first-order chi connectivity index (χ1) is 10.1. The van der Waals surface area contributed by atoms with Gasteiger partial charge in [-0.05, 0) is 43.4 Å². The maximum atomic E-state index is 11.0. The Morgan fingerprint density at radius 2 is 2.24 bits per heavy atom. The van der Waals surface area contributed by atoms with Gasteiger partial charge in [-0.15, -0.1) is 0 Å². The second-order valence-electron chi connectivity index (χ2n) is 5.42. The maximum Gasteiger partial charge on any atom is 0.372 e. The number of hydrogen-bond acceptors (Lipinski definition) is 3. The number of hydrogen-bond donors (Lipinski definition) is 1. The first-order valence-electron chi connectivity index (χ1n) is 7.17. The normalized spacial score (nSPS) is 17.5. The number of fused-ring (bicyclic) bond motifs is 1. The molecule has 1 unspecified atom stereocenters. The van der Waals surface area contributed by atoms with Crippen LogP contribution in [0.3, 0.4) is 0 Å². The summed E-state index contributed by atoms with van der Waals surface area (Å²) < 4.78 is 11.3. The SMILES string of the molecule is Cc1cc(COC2CCCc3ccccc32)oc1C(=O)O. The van der Waals surface area contributed by atoms with E-state index in [0.717, 1.165) is 19.3 Å². The largest absolute Gasteiger partial charge is 0.475 e. The summed E-state index contributed by atoms with van der Waals surface area (Å²) in [7, 11) is 0. The van der Waals surface area contributed by atoms with E-state index in [2.05, 4.69) is 18.2 Å². The molecular weight excluding hydrogens is 268 g/mol. The number of benzene rings is 1. The minimum Gasteiger partial charge on any atom is -0.475 e. The summed E-state index contributed by atoms with van der Waals surface area (Å²) >= 11 is 0. The van der Waals surface area contributed by atoms with Crippen molar-refractivity contribution < 1.29 is 19.1 Å². The molecule has 4 heteroatoms. The van der Waals surface area contributed by atoms with Gasteiger partial charge in [0.05, 0.1) is 6.10 Å². The first kappa shape index (κ1) is 13.9. The third-order valence-electron chi connectivity index (χ3n) is 3.90. The van der Waals surface area contributed by atoms with Crippen LogP contribution in [0.1, 0.15) is 52.0 Å². The Bertz CT molecular complexity index is 657. The molecule has 0 saturated carbocycles. The number of ether oxygens (including phenoxy) is 1. The molecule has 110 valence electrons. The lowest BCUT2D eigenvalue weighted by molar-refractivity contribution is 0.0184. The van der Waals surface area contributed by atoms with Crippen molar-refractivity contribution in [1.29, 1.82) is 0 Å². The van der Waals surface area contributed by atoms with E-state index >= 15 is 0 Å². The molecule has 0 radical (unpaired) electrons. The van der Waals surface area contributed by atoms with Gasteiger partial charge in [-0.2, -0.15) is 0 Å². The summed E-state index contributed by atoms with van der Waals surface area (Å²) in [6.07, 6.45) is 3.26. The van der Waals surface area contributed by atoms with Crippen LogP contribution in [0.5, 0.6) is 0 Å². The van der Waals surface area contributed by atoms with Crippen molar-refractivity contribution in [2.24, 2.45) is 0 Å². The summed E-state index contributed by atoms with van der Waals surface area (Å²) in [6.45, 7) is 2.03. The maximum absolute atomic E-state index is 11.0. The molecule has 3 rings (SSSR count). The zero-order valence-corrected chi connectivity index (χ0v) is 12.0. The molecule has 0 spiro atoms. The van der Waals surface area contributed by atoms with Crippen LogP contribution >= 0.6 is 0 Å². The molecule has 0 saturated heterocycles. The van der Waals surface area contributed by atoms with E-state index in [0.29, 0.717) is 17.9 Å². The molecule has 21 heavy (non-hydrogen) atoms. The summed E-state index contributed by atoms with van der Waals surface area (Å²) in [6, 6.07) is 10.1. The molecule has 1 aromatic carbocycles. The quantitative estimate of drug-likeness (QED) is 0.926. The van der Waals surface area contributed by atoms with E-state index in [1.165, 1.54) is 11.1 Å². The molecule has 4 nitrogen and oxygen atoms in total. The highest BCUT2D eigenvalue weighted by Crippen LogP contribution is 2.33. The Morgan fingerprint density at radius 3 is 3.00 bits per heavy atom. The zero-order valence-electron chi connectivity index (χ0n) is 12.0. The van der Waals surface area contributed by atoms with Crippen LogP contribution in [0.25, 0.3) is 0 Å². The number of carbonyl (C=O) groups is 1. The van der Waals surface area contributed by atoms with E-state index in [9.17, 15) is 4.79 Å². The van der Waals surface area contributed by atoms with E-state index in [4.69, 9.17) is 14.3 Å². The monoisotopic (exact) mass is 286 g/mol. The number of aryl methyl sites for hydroxylation is 2. The van der Waals surface area contributed by atoms with Crippen molar-refractivity contribution in [3.8, 4) is 0 Å². The highest BCUT2D eigenvalue weighted by atomic mass is 16.5. The fourth-order valence-electron chi connectivity index (χ4n) is 2.90. The minimum absolute atomic E-state index is 0.00218. The average molecular weight is 286 g/mol. The summed E-state index contributed by atoms with van der Waals surface area (Å²) in [5.74, 6) is -0.479. The predicted octanol–water partition coefficient (Wildman–Crippen LogP) is 3.88. The number of rotatable bonds is 4. The van der Waals surface area contributed by atoms with Crippen LogP contribution in [0, 0.1) is 6.92 Å². The van der Waals surface area contributed by atoms with Crippen LogP contribution in [-0.2, 0) is 17.8 Å². The van der Waals surface area contributed by atoms with Gasteiger partial charge in [0.15, 0.2) is 0 Å². The first-order valence-corrected chi connectivity index (χ1v) is 7.17. The topological polar surface area (TPSA) is 59.7 Å². The molecule has 0 fully saturated rings. The van der Waals surface area contributed by atoms with Crippen molar-refractivity contribution in [2.45, 2.75) is 38.9 Å². The molecule has 1 aromatic heterocycles. The van der Waals surface area contributed by atoms with Crippen molar-refractivity contribution in [2.75, 3.05) is 0 Å². The van der Waals surface area contributed by atoms with Crippen molar-refractivity contribution in [3.05, 3.63) is 58.5 Å². The fraction of sp³-hybridized carbons (Fsp3) is 0.353. The second kappa shape index (κ2) is 5.74. The standard InChI is InChI=1S/C17H18O4/c1-11-9-13(21-16(11)17(18)19)10-20-15-8-4-6-12-5-2-3-7-14(12)15/h2-3,5,7,9,15H,4,6,8,10H2,1H3,(H,18,19). The number of aromatic carboxylic acids is 1. The smallest absolute Gasteiger partial charge is 0.372 e. The van der Waals surface area contributed by atoms with E-state index < -0.39 is 5.97 Å².